The first-order valence-corrected chi connectivity index (χ1v) is 10.8. The first kappa shape index (κ1) is 19.6. The molecule has 0 radical (unpaired) electrons. The molecule has 0 aromatic carbocycles. The molecule has 0 rings (SSSR count). The molecule has 0 aliphatic rings. The zero-order chi connectivity index (χ0) is 15.6. The molecule has 0 aromatic heterocycles. The van der Waals surface area contributed by atoms with E-state index in [4.69, 9.17) is 13.9 Å². The average molecular weight is 301 g/mol. The van der Waals surface area contributed by atoms with Crippen LogP contribution in [0.15, 0.2) is 25.3 Å². The first-order valence-electron chi connectivity index (χ1n) is 7.39. The lowest BCUT2D eigenvalue weighted by Crippen LogP contribution is -2.32. The van der Waals surface area contributed by atoms with Crippen LogP contribution in [0.1, 0.15) is 20.3 Å². The Morgan fingerprint density at radius 3 is 1.85 bits per heavy atom. The standard InChI is InChI=1S/C16H32O3Si/c1-8-10-17-16(18-11-9-2)12-15(14(3)4)13-19-20(5,6)7/h8-9,14-16H,1-2,10-13H2,3-7H3. The van der Waals surface area contributed by atoms with Gasteiger partial charge in [-0.05, 0) is 31.5 Å². The maximum absolute atomic E-state index is 6.05. The minimum atomic E-state index is -1.48. The van der Waals surface area contributed by atoms with E-state index >= 15 is 0 Å². The SMILES string of the molecule is C=CCOC(CC(CO[Si](C)(C)C)C(C)C)OCC=C. The Morgan fingerprint density at radius 1 is 1.00 bits per heavy atom. The van der Waals surface area contributed by atoms with E-state index in [1.54, 1.807) is 12.2 Å². The van der Waals surface area contributed by atoms with Gasteiger partial charge in [-0.2, -0.15) is 0 Å². The average Bonchev–Trinajstić information content (AvgIpc) is 2.35. The van der Waals surface area contributed by atoms with E-state index in [0.29, 0.717) is 25.0 Å². The van der Waals surface area contributed by atoms with E-state index in [-0.39, 0.29) is 6.29 Å². The van der Waals surface area contributed by atoms with Crippen molar-refractivity contribution < 1.29 is 13.9 Å². The zero-order valence-electron chi connectivity index (χ0n) is 13.9. The van der Waals surface area contributed by atoms with Crippen LogP contribution in [0, 0.1) is 11.8 Å². The Hall–Kier alpha value is -0.423. The largest absolute Gasteiger partial charge is 0.417 e. The van der Waals surface area contributed by atoms with Gasteiger partial charge in [0.1, 0.15) is 0 Å². The van der Waals surface area contributed by atoms with Crippen molar-refractivity contribution in [2.24, 2.45) is 11.8 Å². The smallest absolute Gasteiger partial charge is 0.183 e. The van der Waals surface area contributed by atoms with Gasteiger partial charge in [0.25, 0.3) is 0 Å². The Morgan fingerprint density at radius 2 is 1.50 bits per heavy atom. The van der Waals surface area contributed by atoms with Gasteiger partial charge in [0.2, 0.25) is 0 Å². The molecule has 4 heteroatoms. The van der Waals surface area contributed by atoms with Crippen molar-refractivity contribution in [1.82, 2.24) is 0 Å². The third-order valence-electron chi connectivity index (χ3n) is 2.97. The van der Waals surface area contributed by atoms with Crippen LogP contribution in [-0.4, -0.2) is 34.4 Å². The van der Waals surface area contributed by atoms with Crippen molar-refractivity contribution in [2.45, 2.75) is 46.2 Å². The van der Waals surface area contributed by atoms with Crippen molar-refractivity contribution in [2.75, 3.05) is 19.8 Å². The Bertz CT molecular complexity index is 259. The third kappa shape index (κ3) is 10.4. The molecule has 0 saturated carbocycles. The molecule has 0 aromatic rings. The molecule has 20 heavy (non-hydrogen) atoms. The molecule has 0 aliphatic carbocycles. The molecule has 0 N–H and O–H groups in total. The molecule has 0 amide bonds. The second-order valence-corrected chi connectivity index (χ2v) is 10.9. The van der Waals surface area contributed by atoms with Gasteiger partial charge in [0.05, 0.1) is 13.2 Å². The zero-order valence-corrected chi connectivity index (χ0v) is 14.9. The van der Waals surface area contributed by atoms with E-state index in [9.17, 15) is 0 Å². The molecular formula is C16H32O3Si. The second-order valence-electron chi connectivity index (χ2n) is 6.34. The quantitative estimate of drug-likeness (QED) is 0.307. The van der Waals surface area contributed by atoms with Crippen LogP contribution >= 0.6 is 0 Å². The summed E-state index contributed by atoms with van der Waals surface area (Å²) < 4.78 is 17.4. The topological polar surface area (TPSA) is 27.7 Å². The fourth-order valence-corrected chi connectivity index (χ4v) is 2.39. The van der Waals surface area contributed by atoms with Gasteiger partial charge in [-0.25, -0.2) is 0 Å². The molecule has 3 nitrogen and oxygen atoms in total. The van der Waals surface area contributed by atoms with Gasteiger partial charge in [-0.3, -0.25) is 0 Å². The predicted octanol–water partition coefficient (Wildman–Crippen LogP) is 4.23. The van der Waals surface area contributed by atoms with E-state index in [1.807, 2.05) is 0 Å². The highest BCUT2D eigenvalue weighted by Gasteiger charge is 2.23. The van der Waals surface area contributed by atoms with Crippen LogP contribution in [0.2, 0.25) is 19.6 Å². The van der Waals surface area contributed by atoms with Crippen LogP contribution in [0.5, 0.6) is 0 Å². The maximum atomic E-state index is 6.05. The summed E-state index contributed by atoms with van der Waals surface area (Å²) in [5.41, 5.74) is 0. The summed E-state index contributed by atoms with van der Waals surface area (Å²) in [5.74, 6) is 0.967. The molecule has 0 heterocycles. The van der Waals surface area contributed by atoms with Crippen molar-refractivity contribution in [3.8, 4) is 0 Å². The Kier molecular flexibility index (Phi) is 10.1. The van der Waals surface area contributed by atoms with Crippen LogP contribution in [-0.2, 0) is 13.9 Å². The highest BCUT2D eigenvalue weighted by molar-refractivity contribution is 6.69. The highest BCUT2D eigenvalue weighted by atomic mass is 28.4. The molecule has 0 aliphatic heterocycles. The summed E-state index contributed by atoms with van der Waals surface area (Å²) in [7, 11) is -1.48. The summed E-state index contributed by atoms with van der Waals surface area (Å²) in [6.45, 7) is 20.2. The monoisotopic (exact) mass is 300 g/mol. The lowest BCUT2D eigenvalue weighted by molar-refractivity contribution is -0.141. The summed E-state index contributed by atoms with van der Waals surface area (Å²) in [5, 5.41) is 0. The number of ether oxygens (including phenoxy) is 2. The van der Waals surface area contributed by atoms with Crippen LogP contribution < -0.4 is 0 Å². The molecule has 1 unspecified atom stereocenters. The molecule has 0 saturated heterocycles. The van der Waals surface area contributed by atoms with Gasteiger partial charge < -0.3 is 13.9 Å². The van der Waals surface area contributed by atoms with Crippen LogP contribution in [0.4, 0.5) is 0 Å². The van der Waals surface area contributed by atoms with Crippen molar-refractivity contribution in [3.05, 3.63) is 25.3 Å². The van der Waals surface area contributed by atoms with Crippen molar-refractivity contribution >= 4 is 8.32 Å². The van der Waals surface area contributed by atoms with Crippen LogP contribution in [0.25, 0.3) is 0 Å². The minimum Gasteiger partial charge on any atom is -0.417 e. The summed E-state index contributed by atoms with van der Waals surface area (Å²) in [6.07, 6.45) is 4.10. The fourth-order valence-electron chi connectivity index (χ4n) is 1.67. The molecule has 0 spiro atoms. The van der Waals surface area contributed by atoms with Crippen LogP contribution in [0.3, 0.4) is 0 Å². The van der Waals surface area contributed by atoms with Gasteiger partial charge >= 0.3 is 0 Å². The van der Waals surface area contributed by atoms with Crippen molar-refractivity contribution in [3.63, 3.8) is 0 Å². The maximum Gasteiger partial charge on any atom is 0.183 e. The lowest BCUT2D eigenvalue weighted by Gasteiger charge is -2.29. The molecule has 1 atom stereocenters. The van der Waals surface area contributed by atoms with E-state index in [2.05, 4.69) is 46.6 Å². The normalized spacial score (nSPS) is 13.8. The van der Waals surface area contributed by atoms with Crippen molar-refractivity contribution in [1.29, 1.82) is 0 Å². The van der Waals surface area contributed by atoms with Gasteiger partial charge in [0.15, 0.2) is 14.6 Å². The Labute approximate surface area is 126 Å². The fraction of sp³-hybridized carbons (Fsp3) is 0.750. The number of hydrogen-bond acceptors (Lipinski definition) is 3. The second kappa shape index (κ2) is 10.3. The lowest BCUT2D eigenvalue weighted by atomic mass is 9.93. The molecule has 0 fully saturated rings. The number of hydrogen-bond donors (Lipinski definition) is 0. The van der Waals surface area contributed by atoms with E-state index in [1.165, 1.54) is 0 Å². The molecular weight excluding hydrogens is 268 g/mol. The molecule has 0 bridgehead atoms. The van der Waals surface area contributed by atoms with E-state index < -0.39 is 8.32 Å². The number of rotatable bonds is 12. The van der Waals surface area contributed by atoms with E-state index in [0.717, 1.165) is 13.0 Å². The predicted molar refractivity (Wildman–Crippen MR) is 88.3 cm³/mol. The minimum absolute atomic E-state index is 0.219. The van der Waals surface area contributed by atoms with Gasteiger partial charge in [-0.15, -0.1) is 13.2 Å². The van der Waals surface area contributed by atoms with Gasteiger partial charge in [0, 0.05) is 13.0 Å². The summed E-state index contributed by atoms with van der Waals surface area (Å²) >= 11 is 0. The highest BCUT2D eigenvalue weighted by Crippen LogP contribution is 2.21. The molecule has 118 valence electrons. The summed E-state index contributed by atoms with van der Waals surface area (Å²) in [6, 6.07) is 0. The van der Waals surface area contributed by atoms with Gasteiger partial charge in [-0.1, -0.05) is 26.0 Å². The first-order chi connectivity index (χ1) is 9.30. The summed E-state index contributed by atoms with van der Waals surface area (Å²) in [4.78, 5) is 0. The third-order valence-corrected chi connectivity index (χ3v) is 4.00. The Balaban J connectivity index is 4.46.